The monoisotopic (exact) mass is 428 g/mol. The van der Waals surface area contributed by atoms with Crippen LogP contribution in [0.4, 0.5) is 5.69 Å². The molecule has 2 rings (SSSR count). The summed E-state index contributed by atoms with van der Waals surface area (Å²) >= 11 is 0. The maximum atomic E-state index is 10.1. The zero-order valence-corrected chi connectivity index (χ0v) is 23.6. The Morgan fingerprint density at radius 1 is 0.774 bits per heavy atom. The molecule has 1 aliphatic carbocycles. The molecule has 0 aliphatic heterocycles. The van der Waals surface area contributed by atoms with Crippen molar-refractivity contribution in [3.63, 3.8) is 0 Å². The maximum absolute atomic E-state index is 10.1. The van der Waals surface area contributed by atoms with Gasteiger partial charge in [-0.1, -0.05) is 74.4 Å². The molecule has 1 heteroatoms. The molecule has 1 aliphatic rings. The van der Waals surface area contributed by atoms with E-state index in [1.54, 1.807) is 0 Å². The van der Waals surface area contributed by atoms with Crippen molar-refractivity contribution in [2.75, 3.05) is 4.90 Å². The number of nitrogens with zero attached hydrogens (tertiary/aromatic N) is 1. The predicted molar refractivity (Wildman–Crippen MR) is 140 cm³/mol. The minimum Gasteiger partial charge on any atom is -0.362 e. The summed E-state index contributed by atoms with van der Waals surface area (Å²) in [5.74, 6) is -0.650. The Hall–Kier alpha value is -0.980. The van der Waals surface area contributed by atoms with Crippen LogP contribution in [-0.2, 0) is 5.41 Å². The molecule has 0 unspecified atom stereocenters. The second kappa shape index (κ2) is 7.53. The highest BCUT2D eigenvalue weighted by Gasteiger charge is 2.51. The van der Waals surface area contributed by atoms with Gasteiger partial charge < -0.3 is 4.90 Å². The molecule has 0 bridgehead atoms. The fourth-order valence-electron chi connectivity index (χ4n) is 7.55. The zero-order chi connectivity index (χ0) is 25.3. The van der Waals surface area contributed by atoms with E-state index in [9.17, 15) is 1.37 Å². The summed E-state index contributed by atoms with van der Waals surface area (Å²) in [7, 11) is 0. The normalized spacial score (nSPS) is 23.3. The second-order valence-corrected chi connectivity index (χ2v) is 15.3. The summed E-state index contributed by atoms with van der Waals surface area (Å²) in [4.78, 5) is 2.57. The molecule has 1 saturated carbocycles. The zero-order valence-electron chi connectivity index (χ0n) is 24.6. The van der Waals surface area contributed by atoms with Crippen molar-refractivity contribution < 1.29 is 1.37 Å². The summed E-state index contributed by atoms with van der Waals surface area (Å²) < 4.78 is 10.1. The van der Waals surface area contributed by atoms with Crippen LogP contribution < -0.4 is 4.90 Å². The van der Waals surface area contributed by atoms with E-state index in [1.165, 1.54) is 16.8 Å². The van der Waals surface area contributed by atoms with Crippen molar-refractivity contribution in [3.8, 4) is 0 Å². The Kier molecular flexibility index (Phi) is 5.99. The molecule has 0 saturated heterocycles. The molecule has 1 fully saturated rings. The van der Waals surface area contributed by atoms with Crippen molar-refractivity contribution in [2.24, 2.45) is 16.2 Å². The van der Waals surface area contributed by atoms with Gasteiger partial charge in [0.1, 0.15) is 0 Å². The van der Waals surface area contributed by atoms with Crippen LogP contribution in [0.3, 0.4) is 0 Å². The molecule has 1 aromatic rings. The van der Waals surface area contributed by atoms with Gasteiger partial charge >= 0.3 is 0 Å². The van der Waals surface area contributed by atoms with Crippen LogP contribution in [0, 0.1) is 16.2 Å². The first kappa shape index (κ1) is 24.7. The first-order valence-electron chi connectivity index (χ1n) is 12.8. The highest BCUT2D eigenvalue weighted by molar-refractivity contribution is 5.61. The first-order valence-corrected chi connectivity index (χ1v) is 12.3. The van der Waals surface area contributed by atoms with Crippen molar-refractivity contribution in [1.29, 1.82) is 0 Å². The molecule has 1 aromatic carbocycles. The van der Waals surface area contributed by atoms with Gasteiger partial charge in [0.05, 0.1) is 0 Å². The summed E-state index contributed by atoms with van der Waals surface area (Å²) in [5, 5.41) is 0. The van der Waals surface area contributed by atoms with E-state index in [4.69, 9.17) is 0 Å². The molecule has 0 amide bonds. The van der Waals surface area contributed by atoms with E-state index in [0.29, 0.717) is 0 Å². The quantitative estimate of drug-likeness (QED) is 0.453. The molecule has 0 N–H and O–H groups in total. The molecule has 0 spiro atoms. The fourth-order valence-corrected chi connectivity index (χ4v) is 7.55. The van der Waals surface area contributed by atoms with Crippen molar-refractivity contribution in [2.45, 2.75) is 139 Å². The van der Waals surface area contributed by atoms with Crippen LogP contribution in [0.2, 0.25) is 0 Å². The number of benzene rings is 1. The second-order valence-electron chi connectivity index (χ2n) is 15.3. The van der Waals surface area contributed by atoms with Crippen LogP contribution in [0.1, 0.15) is 135 Å². The molecule has 0 aromatic heterocycles. The summed E-state index contributed by atoms with van der Waals surface area (Å²) in [6.45, 7) is 34.8. The Morgan fingerprint density at radius 2 is 1.19 bits per heavy atom. The van der Waals surface area contributed by atoms with Gasteiger partial charge in [-0.05, 0) is 99.1 Å². The van der Waals surface area contributed by atoms with Gasteiger partial charge in [0.2, 0.25) is 0 Å². The van der Waals surface area contributed by atoms with E-state index in [0.717, 1.165) is 12.8 Å². The fraction of sp³-hybridized carbons (Fsp3) is 0.800. The van der Waals surface area contributed by atoms with E-state index in [2.05, 4.69) is 127 Å². The molecule has 178 valence electrons. The minimum absolute atomic E-state index is 0.00811. The van der Waals surface area contributed by atoms with Gasteiger partial charge in [0.15, 0.2) is 0 Å². The molecular weight excluding hydrogens is 374 g/mol. The lowest BCUT2D eigenvalue weighted by Gasteiger charge is -2.56. The number of hydrogen-bond donors (Lipinski definition) is 0. The standard InChI is InChI=1S/C30H53N/c1-25(2,3)22-18-21(16-17-23(22)31(26(4,5)6)27(7,8)9)24-29(12,13)19-28(10,11)20-30(24,14)15/h16-18,24H,19-20H2,1-15H3/i24D. The lowest BCUT2D eigenvalue weighted by molar-refractivity contribution is -0.00958. The predicted octanol–water partition coefficient (Wildman–Crippen LogP) is 9.34. The van der Waals surface area contributed by atoms with Crippen molar-refractivity contribution in [3.05, 3.63) is 29.3 Å². The third-order valence-electron chi connectivity index (χ3n) is 6.87. The Morgan fingerprint density at radius 3 is 1.55 bits per heavy atom. The van der Waals surface area contributed by atoms with Gasteiger partial charge in [-0.2, -0.15) is 0 Å². The third kappa shape index (κ3) is 5.51. The SMILES string of the molecule is [2H]C1(c2ccc(N(C(C)(C)C)C(C)(C)C)c(C(C)(C)C)c2)C(C)(C)CC(C)(C)CC1(C)C. The highest BCUT2D eigenvalue weighted by Crippen LogP contribution is 2.62. The van der Waals surface area contributed by atoms with Crippen LogP contribution >= 0.6 is 0 Å². The van der Waals surface area contributed by atoms with Gasteiger partial charge in [-0.25, -0.2) is 0 Å². The lowest BCUT2D eigenvalue weighted by Crippen LogP contribution is -2.53. The maximum Gasteiger partial charge on any atom is 0.0413 e. The Balaban J connectivity index is 2.84. The van der Waals surface area contributed by atoms with E-state index in [1.807, 2.05) is 0 Å². The van der Waals surface area contributed by atoms with Crippen LogP contribution in [0.15, 0.2) is 18.2 Å². The molecule has 1 nitrogen and oxygen atoms in total. The van der Waals surface area contributed by atoms with Gasteiger partial charge in [-0.3, -0.25) is 0 Å². The highest BCUT2D eigenvalue weighted by atomic mass is 15.2. The molecular formula is C30H53N. The lowest BCUT2D eigenvalue weighted by atomic mass is 9.49. The molecule has 0 heterocycles. The smallest absolute Gasteiger partial charge is 0.0413 e. The first-order chi connectivity index (χ1) is 13.9. The van der Waals surface area contributed by atoms with Gasteiger partial charge in [0.25, 0.3) is 0 Å². The van der Waals surface area contributed by atoms with Gasteiger partial charge in [-0.15, -0.1) is 0 Å². The summed E-state index contributed by atoms with van der Waals surface area (Å²) in [6.07, 6.45) is 2.13. The van der Waals surface area contributed by atoms with E-state index < -0.39 is 5.89 Å². The Labute approximate surface area is 196 Å². The Bertz CT molecular complexity index is 803. The van der Waals surface area contributed by atoms with Crippen LogP contribution in [-0.4, -0.2) is 11.1 Å². The van der Waals surface area contributed by atoms with E-state index >= 15 is 0 Å². The van der Waals surface area contributed by atoms with E-state index in [-0.39, 0.29) is 32.7 Å². The summed E-state index contributed by atoms with van der Waals surface area (Å²) in [6, 6.07) is 7.01. The number of hydrogen-bond acceptors (Lipinski definition) is 1. The third-order valence-corrected chi connectivity index (χ3v) is 6.87. The van der Waals surface area contributed by atoms with Crippen LogP contribution in [0.25, 0.3) is 0 Å². The average Bonchev–Trinajstić information content (AvgIpc) is 2.46. The van der Waals surface area contributed by atoms with Crippen LogP contribution in [0.5, 0.6) is 0 Å². The average molecular weight is 429 g/mol. The topological polar surface area (TPSA) is 3.24 Å². The number of anilines is 1. The van der Waals surface area contributed by atoms with Crippen molar-refractivity contribution >= 4 is 5.69 Å². The van der Waals surface area contributed by atoms with Gasteiger partial charge in [0, 0.05) is 18.1 Å². The molecule has 0 atom stereocenters. The summed E-state index contributed by atoms with van der Waals surface area (Å²) in [5.41, 5.74) is 3.81. The minimum atomic E-state index is -0.650. The number of rotatable bonds is 2. The van der Waals surface area contributed by atoms with Crippen molar-refractivity contribution in [1.82, 2.24) is 0 Å². The molecule has 31 heavy (non-hydrogen) atoms. The largest absolute Gasteiger partial charge is 0.362 e. The molecule has 0 radical (unpaired) electrons.